The number of ether oxygens (including phenoxy) is 2. The van der Waals surface area contributed by atoms with E-state index in [-0.39, 0.29) is 35.3 Å². The van der Waals surface area contributed by atoms with Crippen molar-refractivity contribution < 1.29 is 26.7 Å². The van der Waals surface area contributed by atoms with Crippen molar-refractivity contribution >= 4 is 39.1 Å². The average Bonchev–Trinajstić information content (AvgIpc) is 3.18. The molecule has 1 aliphatic heterocycles. The third kappa shape index (κ3) is 4.89. The molecule has 1 aromatic heterocycles. The van der Waals surface area contributed by atoms with Gasteiger partial charge in [0.05, 0.1) is 19.1 Å². The molecule has 0 amide bonds. The van der Waals surface area contributed by atoms with Crippen molar-refractivity contribution in [2.24, 2.45) is 0 Å². The first-order valence-corrected chi connectivity index (χ1v) is 11.1. The minimum Gasteiger partial charge on any atom is -0.495 e. The second kappa shape index (κ2) is 9.33. The molecule has 0 unspecified atom stereocenters. The van der Waals surface area contributed by atoms with Gasteiger partial charge in [0, 0.05) is 18.0 Å². The standard InChI is InChI=1S/C21H23FN2O5S.ClH/c1-13-3-4-18(27-2)20(9-13)30(25,26)24-15-10-14-6-8-28-21(14)19(11-15)29-17-5-7-23-12-16(17)22;/h3-4,6,8-11,16-17,23-24H,5,7,12H2,1-2H3;1H/t16-,17+;/m1./s1. The first-order chi connectivity index (χ1) is 14.4. The van der Waals surface area contributed by atoms with Gasteiger partial charge in [-0.3, -0.25) is 4.72 Å². The molecule has 4 rings (SSSR count). The number of hydrogen-bond acceptors (Lipinski definition) is 6. The summed E-state index contributed by atoms with van der Waals surface area (Å²) >= 11 is 0. The van der Waals surface area contributed by atoms with E-state index in [9.17, 15) is 12.8 Å². The van der Waals surface area contributed by atoms with Crippen LogP contribution in [0.4, 0.5) is 10.1 Å². The van der Waals surface area contributed by atoms with Crippen LogP contribution in [0.25, 0.3) is 11.0 Å². The molecule has 0 spiro atoms. The van der Waals surface area contributed by atoms with E-state index >= 15 is 0 Å². The number of fused-ring (bicyclic) bond motifs is 1. The lowest BCUT2D eigenvalue weighted by molar-refractivity contribution is 0.0736. The first-order valence-electron chi connectivity index (χ1n) is 9.57. The molecule has 2 aromatic carbocycles. The van der Waals surface area contributed by atoms with Crippen molar-refractivity contribution in [2.45, 2.75) is 30.5 Å². The van der Waals surface area contributed by atoms with Crippen molar-refractivity contribution in [3.63, 3.8) is 0 Å². The molecule has 2 heterocycles. The number of furan rings is 1. The van der Waals surface area contributed by atoms with Gasteiger partial charge in [-0.25, -0.2) is 12.8 Å². The number of rotatable bonds is 6. The van der Waals surface area contributed by atoms with Gasteiger partial charge in [-0.2, -0.15) is 0 Å². The highest BCUT2D eigenvalue weighted by Gasteiger charge is 2.28. The molecule has 3 aromatic rings. The van der Waals surface area contributed by atoms with Crippen LogP contribution in [0, 0.1) is 6.92 Å². The lowest BCUT2D eigenvalue weighted by Gasteiger charge is -2.27. The van der Waals surface area contributed by atoms with Crippen LogP contribution in [0.3, 0.4) is 0 Å². The van der Waals surface area contributed by atoms with Crippen LogP contribution in [0.5, 0.6) is 11.5 Å². The van der Waals surface area contributed by atoms with Gasteiger partial charge in [0.25, 0.3) is 10.0 Å². The molecule has 1 fully saturated rings. The average molecular weight is 471 g/mol. The second-order valence-electron chi connectivity index (χ2n) is 7.24. The first kappa shape index (κ1) is 23.2. The summed E-state index contributed by atoms with van der Waals surface area (Å²) in [4.78, 5) is 0.0296. The molecule has 0 aliphatic carbocycles. The normalized spacial score (nSPS) is 18.9. The number of hydrogen-bond donors (Lipinski definition) is 2. The number of halogens is 2. The Balaban J connectivity index is 0.00000272. The van der Waals surface area contributed by atoms with Crippen molar-refractivity contribution in [2.75, 3.05) is 24.9 Å². The molecule has 0 bridgehead atoms. The predicted octanol–water partition coefficient (Wildman–Crippen LogP) is 4.05. The van der Waals surface area contributed by atoms with Crippen LogP contribution in [0.2, 0.25) is 0 Å². The van der Waals surface area contributed by atoms with Gasteiger partial charge in [-0.15, -0.1) is 12.4 Å². The number of piperidine rings is 1. The van der Waals surface area contributed by atoms with Gasteiger partial charge in [0.2, 0.25) is 0 Å². The molecule has 31 heavy (non-hydrogen) atoms. The Morgan fingerprint density at radius 1 is 1.19 bits per heavy atom. The summed E-state index contributed by atoms with van der Waals surface area (Å²) in [5.41, 5.74) is 1.51. The molecule has 168 valence electrons. The summed E-state index contributed by atoms with van der Waals surface area (Å²) in [5.74, 6) is 0.532. The van der Waals surface area contributed by atoms with Crippen LogP contribution in [0.15, 0.2) is 52.0 Å². The molecule has 0 radical (unpaired) electrons. The van der Waals surface area contributed by atoms with Crippen molar-refractivity contribution in [3.05, 3.63) is 48.2 Å². The van der Waals surface area contributed by atoms with Crippen molar-refractivity contribution in [3.8, 4) is 11.5 Å². The van der Waals surface area contributed by atoms with E-state index in [1.54, 1.807) is 31.2 Å². The Labute approximate surface area is 186 Å². The lowest BCUT2D eigenvalue weighted by atomic mass is 10.1. The Morgan fingerprint density at radius 3 is 2.74 bits per heavy atom. The topological polar surface area (TPSA) is 89.8 Å². The number of aryl methyl sites for hydroxylation is 1. The van der Waals surface area contributed by atoms with E-state index in [4.69, 9.17) is 13.9 Å². The van der Waals surface area contributed by atoms with Gasteiger partial charge in [-0.05, 0) is 49.7 Å². The number of benzene rings is 2. The summed E-state index contributed by atoms with van der Waals surface area (Å²) < 4.78 is 59.5. The molecule has 0 saturated carbocycles. The van der Waals surface area contributed by atoms with E-state index in [0.29, 0.717) is 29.7 Å². The van der Waals surface area contributed by atoms with Crippen LogP contribution < -0.4 is 19.5 Å². The predicted molar refractivity (Wildman–Crippen MR) is 119 cm³/mol. The minimum atomic E-state index is -3.94. The third-order valence-corrected chi connectivity index (χ3v) is 6.41. The van der Waals surface area contributed by atoms with Gasteiger partial charge in [0.15, 0.2) is 11.3 Å². The number of sulfonamides is 1. The van der Waals surface area contributed by atoms with Gasteiger partial charge in [-0.1, -0.05) is 6.07 Å². The molecule has 1 aliphatic rings. The Bertz CT molecular complexity index is 1170. The van der Waals surface area contributed by atoms with Crippen molar-refractivity contribution in [1.29, 1.82) is 0 Å². The Hall–Kier alpha value is -2.49. The quantitative estimate of drug-likeness (QED) is 0.565. The summed E-state index contributed by atoms with van der Waals surface area (Å²) in [6, 6.07) is 9.77. The summed E-state index contributed by atoms with van der Waals surface area (Å²) in [6.45, 7) is 2.66. The lowest BCUT2D eigenvalue weighted by Crippen LogP contribution is -2.44. The largest absolute Gasteiger partial charge is 0.495 e. The molecule has 10 heteroatoms. The molecule has 2 atom stereocenters. The van der Waals surface area contributed by atoms with Crippen molar-refractivity contribution in [1.82, 2.24) is 5.32 Å². The molecule has 7 nitrogen and oxygen atoms in total. The van der Waals surface area contributed by atoms with Crippen LogP contribution in [0.1, 0.15) is 12.0 Å². The highest BCUT2D eigenvalue weighted by Crippen LogP contribution is 2.34. The summed E-state index contributed by atoms with van der Waals surface area (Å²) in [6.07, 6.45) is 0.179. The van der Waals surface area contributed by atoms with E-state index in [0.717, 1.165) is 5.56 Å². The zero-order valence-electron chi connectivity index (χ0n) is 17.1. The van der Waals surface area contributed by atoms with E-state index in [1.807, 2.05) is 0 Å². The minimum absolute atomic E-state index is 0. The van der Waals surface area contributed by atoms with Gasteiger partial charge >= 0.3 is 0 Å². The number of nitrogens with one attached hydrogen (secondary N) is 2. The van der Waals surface area contributed by atoms with Gasteiger partial charge in [0.1, 0.15) is 22.9 Å². The second-order valence-corrected chi connectivity index (χ2v) is 8.89. The fraction of sp³-hybridized carbons (Fsp3) is 0.333. The number of alkyl halides is 1. The maximum Gasteiger partial charge on any atom is 0.265 e. The number of anilines is 1. The molecule has 1 saturated heterocycles. The summed E-state index contributed by atoms with van der Waals surface area (Å²) in [5, 5.41) is 3.62. The maximum absolute atomic E-state index is 14.2. The zero-order chi connectivity index (χ0) is 21.3. The molecule has 2 N–H and O–H groups in total. The van der Waals surface area contributed by atoms with Crippen LogP contribution in [-0.4, -0.2) is 40.9 Å². The van der Waals surface area contributed by atoms with Crippen LogP contribution >= 0.6 is 12.4 Å². The summed E-state index contributed by atoms with van der Waals surface area (Å²) in [7, 11) is -2.52. The molecular weight excluding hydrogens is 447 g/mol. The van der Waals surface area contributed by atoms with E-state index in [2.05, 4.69) is 10.0 Å². The number of methoxy groups -OCH3 is 1. The smallest absolute Gasteiger partial charge is 0.265 e. The fourth-order valence-corrected chi connectivity index (χ4v) is 4.79. The Kier molecular flexibility index (Phi) is 6.98. The zero-order valence-corrected chi connectivity index (χ0v) is 18.7. The fourth-order valence-electron chi connectivity index (χ4n) is 3.49. The van der Waals surface area contributed by atoms with E-state index in [1.165, 1.54) is 25.5 Å². The SMILES string of the molecule is COc1ccc(C)cc1S(=O)(=O)Nc1cc(O[C@H]2CCNC[C@H]2F)c2occc2c1.Cl. The van der Waals surface area contributed by atoms with Crippen LogP contribution in [-0.2, 0) is 10.0 Å². The monoisotopic (exact) mass is 470 g/mol. The van der Waals surface area contributed by atoms with E-state index < -0.39 is 22.3 Å². The Morgan fingerprint density at radius 2 is 2.00 bits per heavy atom. The highest BCUT2D eigenvalue weighted by molar-refractivity contribution is 7.92. The maximum atomic E-state index is 14.2. The third-order valence-electron chi connectivity index (χ3n) is 5.00. The molecular formula is C21H24ClFN2O5S. The highest BCUT2D eigenvalue weighted by atomic mass is 35.5. The van der Waals surface area contributed by atoms with Gasteiger partial charge < -0.3 is 19.2 Å².